The molecule has 0 unspecified atom stereocenters. The van der Waals surface area contributed by atoms with Gasteiger partial charge in [0, 0.05) is 37.3 Å². The molecule has 1 aromatic heterocycles. The number of methoxy groups -OCH3 is 1. The number of Topliss-reactive ketones (excluding diaryl/α,β-unsaturated/α-hetero) is 1. The summed E-state index contributed by atoms with van der Waals surface area (Å²) in [5, 5.41) is 0.653. The monoisotopic (exact) mass is 467 g/mol. The van der Waals surface area contributed by atoms with Crippen LogP contribution in [0.25, 0.3) is 10.2 Å². The molecule has 8 heteroatoms. The van der Waals surface area contributed by atoms with Gasteiger partial charge in [-0.3, -0.25) is 19.4 Å². The summed E-state index contributed by atoms with van der Waals surface area (Å²) in [7, 11) is 1.63. The zero-order valence-corrected chi connectivity index (χ0v) is 20.1. The first kappa shape index (κ1) is 23.4. The molecule has 1 aliphatic rings. The fraction of sp³-hybridized carbons (Fsp3) is 0.400. The van der Waals surface area contributed by atoms with E-state index in [0.29, 0.717) is 28.6 Å². The van der Waals surface area contributed by atoms with Crippen LogP contribution in [0.5, 0.6) is 5.75 Å². The summed E-state index contributed by atoms with van der Waals surface area (Å²) in [6.07, 6.45) is 0.823. The second kappa shape index (κ2) is 10.4. The molecule has 1 fully saturated rings. The van der Waals surface area contributed by atoms with Crippen molar-refractivity contribution in [3.8, 4) is 5.75 Å². The first-order valence-electron chi connectivity index (χ1n) is 11.1. The zero-order valence-electron chi connectivity index (χ0n) is 19.3. The SMILES string of the molecule is COc1ccc(C)c2sc(N(CCCN3CCOCC3)C(=O)c3ccc(C(C)=O)cc3)nc12. The molecule has 1 aliphatic heterocycles. The van der Waals surface area contributed by atoms with Gasteiger partial charge in [0.1, 0.15) is 11.3 Å². The Balaban J connectivity index is 1.63. The van der Waals surface area contributed by atoms with Gasteiger partial charge in [-0.25, -0.2) is 4.98 Å². The zero-order chi connectivity index (χ0) is 23.4. The van der Waals surface area contributed by atoms with Crippen LogP contribution in [0.1, 0.15) is 39.6 Å². The number of morpholine rings is 1. The topological polar surface area (TPSA) is 72.0 Å². The molecule has 0 spiro atoms. The maximum atomic E-state index is 13.6. The number of ether oxygens (including phenoxy) is 2. The highest BCUT2D eigenvalue weighted by atomic mass is 32.1. The number of anilines is 1. The smallest absolute Gasteiger partial charge is 0.260 e. The highest BCUT2D eigenvalue weighted by Gasteiger charge is 2.23. The summed E-state index contributed by atoms with van der Waals surface area (Å²) in [5.74, 6) is 0.553. The van der Waals surface area contributed by atoms with E-state index < -0.39 is 0 Å². The predicted molar refractivity (Wildman–Crippen MR) is 131 cm³/mol. The van der Waals surface area contributed by atoms with Crippen molar-refractivity contribution in [2.75, 3.05) is 51.4 Å². The van der Waals surface area contributed by atoms with Crippen LogP contribution in [0.2, 0.25) is 0 Å². The molecule has 0 bridgehead atoms. The van der Waals surface area contributed by atoms with E-state index in [1.54, 1.807) is 36.3 Å². The maximum Gasteiger partial charge on any atom is 0.260 e. The summed E-state index contributed by atoms with van der Waals surface area (Å²) < 4.78 is 12.0. The Morgan fingerprint density at radius 2 is 1.82 bits per heavy atom. The second-order valence-electron chi connectivity index (χ2n) is 8.16. The minimum Gasteiger partial charge on any atom is -0.494 e. The standard InChI is InChI=1S/C25H29N3O4S/c1-17-5-10-21(31-3)22-23(17)33-25(26-22)28(12-4-11-27-13-15-32-16-14-27)24(30)20-8-6-19(7-9-20)18(2)29/h5-10H,4,11-16H2,1-3H3. The lowest BCUT2D eigenvalue weighted by atomic mass is 10.1. The van der Waals surface area contributed by atoms with Gasteiger partial charge in [0.2, 0.25) is 0 Å². The normalized spacial score (nSPS) is 14.4. The molecule has 0 aliphatic carbocycles. The number of fused-ring (bicyclic) bond motifs is 1. The number of carbonyl (C=O) groups excluding carboxylic acids is 2. The average molecular weight is 468 g/mol. The van der Waals surface area contributed by atoms with Crippen LogP contribution in [0.4, 0.5) is 5.13 Å². The second-order valence-corrected chi connectivity index (χ2v) is 9.13. The Morgan fingerprint density at radius 1 is 1.12 bits per heavy atom. The highest BCUT2D eigenvalue weighted by molar-refractivity contribution is 7.22. The molecule has 4 rings (SSSR count). The van der Waals surface area contributed by atoms with Gasteiger partial charge in [0.25, 0.3) is 5.91 Å². The minimum atomic E-state index is -0.122. The van der Waals surface area contributed by atoms with Crippen LogP contribution in [0, 0.1) is 6.92 Å². The largest absolute Gasteiger partial charge is 0.494 e. The first-order valence-corrected chi connectivity index (χ1v) is 12.0. The van der Waals surface area contributed by atoms with Crippen molar-refractivity contribution < 1.29 is 19.1 Å². The van der Waals surface area contributed by atoms with Crippen LogP contribution in [0.3, 0.4) is 0 Å². The van der Waals surface area contributed by atoms with Crippen LogP contribution in [0.15, 0.2) is 36.4 Å². The lowest BCUT2D eigenvalue weighted by Crippen LogP contribution is -2.39. The van der Waals surface area contributed by atoms with Gasteiger partial charge >= 0.3 is 0 Å². The number of hydrogen-bond donors (Lipinski definition) is 0. The molecule has 3 aromatic rings. The molecule has 0 atom stereocenters. The number of aryl methyl sites for hydroxylation is 1. The average Bonchev–Trinajstić information content (AvgIpc) is 3.28. The number of aromatic nitrogens is 1. The van der Waals surface area contributed by atoms with Crippen LogP contribution < -0.4 is 9.64 Å². The lowest BCUT2D eigenvalue weighted by molar-refractivity contribution is 0.0376. The Kier molecular flexibility index (Phi) is 7.37. The van der Waals surface area contributed by atoms with E-state index in [1.165, 1.54) is 18.3 Å². The van der Waals surface area contributed by atoms with Crippen LogP contribution in [-0.4, -0.2) is 68.1 Å². The number of hydrogen-bond acceptors (Lipinski definition) is 7. The van der Waals surface area contributed by atoms with Crippen molar-refractivity contribution in [2.45, 2.75) is 20.3 Å². The van der Waals surface area contributed by atoms with E-state index in [4.69, 9.17) is 14.5 Å². The third-order valence-electron chi connectivity index (χ3n) is 5.89. The molecule has 2 aromatic carbocycles. The molecule has 1 saturated heterocycles. The maximum absolute atomic E-state index is 13.6. The molecular weight excluding hydrogens is 438 g/mol. The Hall–Kier alpha value is -2.81. The van der Waals surface area contributed by atoms with E-state index in [9.17, 15) is 9.59 Å². The van der Waals surface area contributed by atoms with E-state index in [2.05, 4.69) is 4.90 Å². The van der Waals surface area contributed by atoms with E-state index in [-0.39, 0.29) is 11.7 Å². The van der Waals surface area contributed by atoms with Crippen molar-refractivity contribution in [1.82, 2.24) is 9.88 Å². The number of amides is 1. The van der Waals surface area contributed by atoms with Gasteiger partial charge in [-0.1, -0.05) is 29.5 Å². The third-order valence-corrected chi connectivity index (χ3v) is 7.10. The molecule has 1 amide bonds. The summed E-state index contributed by atoms with van der Waals surface area (Å²) in [6, 6.07) is 10.8. The summed E-state index contributed by atoms with van der Waals surface area (Å²) in [4.78, 5) is 34.1. The number of nitrogens with zero attached hydrogens (tertiary/aromatic N) is 3. The Bertz CT molecular complexity index is 1140. The minimum absolute atomic E-state index is 0.0230. The Labute approximate surface area is 197 Å². The van der Waals surface area contributed by atoms with Gasteiger partial charge in [-0.15, -0.1) is 0 Å². The van der Waals surface area contributed by atoms with E-state index in [1.807, 2.05) is 19.1 Å². The molecule has 174 valence electrons. The molecule has 2 heterocycles. The van der Waals surface area contributed by atoms with Crippen molar-refractivity contribution in [2.24, 2.45) is 0 Å². The third kappa shape index (κ3) is 5.24. The molecule has 33 heavy (non-hydrogen) atoms. The Morgan fingerprint density at radius 3 is 2.48 bits per heavy atom. The van der Waals surface area contributed by atoms with E-state index >= 15 is 0 Å². The molecule has 0 saturated carbocycles. The van der Waals surface area contributed by atoms with Crippen molar-refractivity contribution in [3.63, 3.8) is 0 Å². The van der Waals surface area contributed by atoms with Crippen molar-refractivity contribution >= 4 is 38.4 Å². The quantitative estimate of drug-likeness (QED) is 0.463. The lowest BCUT2D eigenvalue weighted by Gasteiger charge is -2.27. The molecule has 7 nitrogen and oxygen atoms in total. The van der Waals surface area contributed by atoms with Crippen molar-refractivity contribution in [3.05, 3.63) is 53.1 Å². The summed E-state index contributed by atoms with van der Waals surface area (Å²) >= 11 is 1.50. The summed E-state index contributed by atoms with van der Waals surface area (Å²) in [5.41, 5.74) is 3.00. The summed E-state index contributed by atoms with van der Waals surface area (Å²) in [6.45, 7) is 8.33. The van der Waals surface area contributed by atoms with Gasteiger partial charge < -0.3 is 9.47 Å². The number of carbonyl (C=O) groups is 2. The number of benzene rings is 2. The highest BCUT2D eigenvalue weighted by Crippen LogP contribution is 2.37. The van der Waals surface area contributed by atoms with Gasteiger partial charge in [0.15, 0.2) is 10.9 Å². The van der Waals surface area contributed by atoms with Crippen molar-refractivity contribution in [1.29, 1.82) is 0 Å². The van der Waals surface area contributed by atoms with E-state index in [0.717, 1.165) is 55.0 Å². The fourth-order valence-electron chi connectivity index (χ4n) is 3.94. The molecule has 0 radical (unpaired) electrons. The number of thiazole rings is 1. The number of rotatable bonds is 8. The fourth-order valence-corrected chi connectivity index (χ4v) is 5.02. The first-order chi connectivity index (χ1) is 16.0. The van der Waals surface area contributed by atoms with Crippen LogP contribution >= 0.6 is 11.3 Å². The predicted octanol–water partition coefficient (Wildman–Crippen LogP) is 4.19. The molecular formula is C25H29N3O4S. The van der Waals surface area contributed by atoms with Crippen LogP contribution in [-0.2, 0) is 4.74 Å². The molecule has 0 N–H and O–H groups in total. The van der Waals surface area contributed by atoms with Gasteiger partial charge in [-0.2, -0.15) is 0 Å². The van der Waals surface area contributed by atoms with Gasteiger partial charge in [-0.05, 0) is 44.0 Å². The number of ketones is 1. The van der Waals surface area contributed by atoms with Gasteiger partial charge in [0.05, 0.1) is 25.0 Å².